The Morgan fingerprint density at radius 3 is 3.11 bits per heavy atom. The molecule has 0 bridgehead atoms. The van der Waals surface area contributed by atoms with Crippen LogP contribution in [0.1, 0.15) is 12.8 Å². The molecule has 0 N–H and O–H groups in total. The fourth-order valence-corrected chi connectivity index (χ4v) is 0.900. The molecule has 1 atom stereocenters. The second-order valence-electron chi connectivity index (χ2n) is 2.09. The Labute approximate surface area is 53.7 Å². The van der Waals surface area contributed by atoms with Gasteiger partial charge in [0.1, 0.15) is 0 Å². The van der Waals surface area contributed by atoms with Crippen molar-refractivity contribution >= 4 is 6.08 Å². The number of hydrogen-bond acceptors (Lipinski definition) is 3. The normalized spacial score (nSPS) is 26.9. The van der Waals surface area contributed by atoms with Gasteiger partial charge in [0.15, 0.2) is 0 Å². The lowest BCUT2D eigenvalue weighted by molar-refractivity contribution is 0.0828. The Hall–Kier alpha value is -0.660. The van der Waals surface area contributed by atoms with Crippen molar-refractivity contribution in [3.63, 3.8) is 0 Å². The van der Waals surface area contributed by atoms with E-state index in [1.807, 2.05) is 0 Å². The van der Waals surface area contributed by atoms with Crippen molar-refractivity contribution in [3.8, 4) is 0 Å². The molecule has 1 aliphatic rings. The SMILES string of the molecule is O=C=N[C@H]1CCCOC1. The largest absolute Gasteiger partial charge is 0.379 e. The summed E-state index contributed by atoms with van der Waals surface area (Å²) in [5, 5.41) is 0. The van der Waals surface area contributed by atoms with Gasteiger partial charge in [0.25, 0.3) is 0 Å². The summed E-state index contributed by atoms with van der Waals surface area (Å²) >= 11 is 0. The zero-order valence-corrected chi connectivity index (χ0v) is 5.17. The van der Waals surface area contributed by atoms with E-state index in [-0.39, 0.29) is 6.04 Å². The molecule has 0 spiro atoms. The maximum atomic E-state index is 9.73. The zero-order valence-electron chi connectivity index (χ0n) is 5.17. The lowest BCUT2D eigenvalue weighted by Crippen LogP contribution is -2.19. The molecule has 50 valence electrons. The van der Waals surface area contributed by atoms with Gasteiger partial charge in [-0.1, -0.05) is 0 Å². The van der Waals surface area contributed by atoms with E-state index in [0.717, 1.165) is 19.4 Å². The van der Waals surface area contributed by atoms with Crippen LogP contribution in [0.4, 0.5) is 0 Å². The first-order chi connectivity index (χ1) is 4.43. The van der Waals surface area contributed by atoms with Gasteiger partial charge in [-0.15, -0.1) is 0 Å². The third kappa shape index (κ3) is 1.96. The van der Waals surface area contributed by atoms with Crippen LogP contribution in [0.25, 0.3) is 0 Å². The first-order valence-electron chi connectivity index (χ1n) is 3.08. The molecule has 1 saturated heterocycles. The van der Waals surface area contributed by atoms with E-state index < -0.39 is 0 Å². The first kappa shape index (κ1) is 6.46. The van der Waals surface area contributed by atoms with Crippen molar-refractivity contribution < 1.29 is 9.53 Å². The number of isocyanates is 1. The van der Waals surface area contributed by atoms with Gasteiger partial charge in [-0.05, 0) is 12.8 Å². The van der Waals surface area contributed by atoms with Crippen molar-refractivity contribution in [3.05, 3.63) is 0 Å². The highest BCUT2D eigenvalue weighted by Crippen LogP contribution is 2.07. The lowest BCUT2D eigenvalue weighted by Gasteiger charge is -2.15. The molecule has 0 amide bonds. The predicted molar refractivity (Wildman–Crippen MR) is 32.0 cm³/mol. The van der Waals surface area contributed by atoms with Crippen LogP contribution < -0.4 is 0 Å². The van der Waals surface area contributed by atoms with E-state index in [4.69, 9.17) is 4.74 Å². The van der Waals surface area contributed by atoms with Crippen LogP contribution in [-0.2, 0) is 9.53 Å². The smallest absolute Gasteiger partial charge is 0.235 e. The van der Waals surface area contributed by atoms with Crippen LogP contribution >= 0.6 is 0 Å². The van der Waals surface area contributed by atoms with Gasteiger partial charge in [-0.25, -0.2) is 9.79 Å². The van der Waals surface area contributed by atoms with Crippen LogP contribution in [0.3, 0.4) is 0 Å². The number of nitrogens with zero attached hydrogens (tertiary/aromatic N) is 1. The van der Waals surface area contributed by atoms with Crippen molar-refractivity contribution in [1.29, 1.82) is 0 Å². The standard InChI is InChI=1S/C6H9NO2/c8-5-7-6-2-1-3-9-4-6/h6H,1-4H2/t6-/m0/s1. The molecule has 0 unspecified atom stereocenters. The molecule has 9 heavy (non-hydrogen) atoms. The third-order valence-corrected chi connectivity index (χ3v) is 1.37. The number of hydrogen-bond donors (Lipinski definition) is 0. The quantitative estimate of drug-likeness (QED) is 0.380. The highest BCUT2D eigenvalue weighted by molar-refractivity contribution is 5.33. The minimum atomic E-state index is 0.0799. The Morgan fingerprint density at radius 1 is 1.67 bits per heavy atom. The summed E-state index contributed by atoms with van der Waals surface area (Å²) in [6, 6.07) is 0.0799. The fourth-order valence-electron chi connectivity index (χ4n) is 0.900. The maximum absolute atomic E-state index is 9.73. The van der Waals surface area contributed by atoms with Gasteiger partial charge in [0.2, 0.25) is 6.08 Å². The molecule has 0 aromatic rings. The van der Waals surface area contributed by atoms with E-state index in [9.17, 15) is 4.79 Å². The molecule has 1 rings (SSSR count). The molecular weight excluding hydrogens is 118 g/mol. The molecule has 0 aliphatic carbocycles. The first-order valence-corrected chi connectivity index (χ1v) is 3.08. The Bertz CT molecular complexity index is 123. The summed E-state index contributed by atoms with van der Waals surface area (Å²) in [6.45, 7) is 1.40. The number of carbonyl (C=O) groups excluding carboxylic acids is 1. The maximum Gasteiger partial charge on any atom is 0.235 e. The van der Waals surface area contributed by atoms with Gasteiger partial charge < -0.3 is 4.74 Å². The molecule has 1 fully saturated rings. The Kier molecular flexibility index (Phi) is 2.43. The summed E-state index contributed by atoms with van der Waals surface area (Å²) in [4.78, 5) is 13.3. The van der Waals surface area contributed by atoms with Crippen LogP contribution in [0.5, 0.6) is 0 Å². The van der Waals surface area contributed by atoms with Crippen molar-refractivity contribution in [2.45, 2.75) is 18.9 Å². The van der Waals surface area contributed by atoms with Crippen LogP contribution in [0.15, 0.2) is 4.99 Å². The van der Waals surface area contributed by atoms with Gasteiger partial charge in [-0.2, -0.15) is 0 Å². The molecule has 3 nitrogen and oxygen atoms in total. The van der Waals surface area contributed by atoms with E-state index in [2.05, 4.69) is 4.99 Å². The lowest BCUT2D eigenvalue weighted by atomic mass is 10.1. The number of aliphatic imine (C=N–C) groups is 1. The number of ether oxygens (including phenoxy) is 1. The Morgan fingerprint density at radius 2 is 2.56 bits per heavy atom. The highest BCUT2D eigenvalue weighted by Gasteiger charge is 2.11. The van der Waals surface area contributed by atoms with Crippen LogP contribution in [0.2, 0.25) is 0 Å². The molecule has 1 aliphatic heterocycles. The second kappa shape index (κ2) is 3.38. The highest BCUT2D eigenvalue weighted by atomic mass is 16.5. The Balaban J connectivity index is 2.31. The number of rotatable bonds is 1. The summed E-state index contributed by atoms with van der Waals surface area (Å²) < 4.78 is 5.06. The summed E-state index contributed by atoms with van der Waals surface area (Å²) in [5.41, 5.74) is 0. The molecule has 0 aromatic heterocycles. The van der Waals surface area contributed by atoms with Crippen LogP contribution in [-0.4, -0.2) is 25.3 Å². The summed E-state index contributed by atoms with van der Waals surface area (Å²) in [5.74, 6) is 0. The minimum Gasteiger partial charge on any atom is -0.379 e. The van der Waals surface area contributed by atoms with E-state index >= 15 is 0 Å². The van der Waals surface area contributed by atoms with E-state index in [1.165, 1.54) is 6.08 Å². The second-order valence-corrected chi connectivity index (χ2v) is 2.09. The topological polar surface area (TPSA) is 38.7 Å². The van der Waals surface area contributed by atoms with Gasteiger partial charge in [0, 0.05) is 6.61 Å². The molecule has 0 radical (unpaired) electrons. The zero-order chi connectivity index (χ0) is 6.53. The average Bonchev–Trinajstić information content (AvgIpc) is 1.91. The molecule has 1 heterocycles. The van der Waals surface area contributed by atoms with Crippen molar-refractivity contribution in [1.82, 2.24) is 0 Å². The monoisotopic (exact) mass is 127 g/mol. The van der Waals surface area contributed by atoms with Gasteiger partial charge in [0.05, 0.1) is 12.6 Å². The molecule has 0 aromatic carbocycles. The molecule has 3 heteroatoms. The van der Waals surface area contributed by atoms with Crippen molar-refractivity contribution in [2.24, 2.45) is 4.99 Å². The van der Waals surface area contributed by atoms with E-state index in [1.54, 1.807) is 0 Å². The fraction of sp³-hybridized carbons (Fsp3) is 0.833. The molecule has 0 saturated carbocycles. The van der Waals surface area contributed by atoms with Crippen LogP contribution in [0, 0.1) is 0 Å². The predicted octanol–water partition coefficient (Wildman–Crippen LogP) is 0.501. The minimum absolute atomic E-state index is 0.0799. The van der Waals surface area contributed by atoms with Gasteiger partial charge in [-0.3, -0.25) is 0 Å². The van der Waals surface area contributed by atoms with E-state index in [0.29, 0.717) is 6.61 Å². The molecular formula is C6H9NO2. The average molecular weight is 127 g/mol. The summed E-state index contributed by atoms with van der Waals surface area (Å²) in [7, 11) is 0. The third-order valence-electron chi connectivity index (χ3n) is 1.37. The van der Waals surface area contributed by atoms with Crippen molar-refractivity contribution in [2.75, 3.05) is 13.2 Å². The summed E-state index contributed by atoms with van der Waals surface area (Å²) in [6.07, 6.45) is 3.51. The van der Waals surface area contributed by atoms with Gasteiger partial charge >= 0.3 is 0 Å².